The van der Waals surface area contributed by atoms with E-state index in [0.29, 0.717) is 0 Å². The smallest absolute Gasteiger partial charge is 0.424 e. The molecule has 1 aromatic carbocycles. The Hall–Kier alpha value is -2.26. The zero-order valence-electron chi connectivity index (χ0n) is 14.3. The Kier molecular flexibility index (Phi) is 4.63. The predicted octanol–water partition coefficient (Wildman–Crippen LogP) is 3.22. The highest BCUT2D eigenvalue weighted by molar-refractivity contribution is 5.71. The SMILES string of the molecule is CC1(CF)COc2c1cc(C(O)(CN)C(F)(F)F)nc2-c1ccc(F)cc1. The van der Waals surface area contributed by atoms with E-state index in [1.807, 2.05) is 0 Å². The Balaban J connectivity index is 2.30. The van der Waals surface area contributed by atoms with Gasteiger partial charge in [0.05, 0.1) is 11.1 Å². The number of benzene rings is 1. The molecular formula is C18H17F5N2O2. The van der Waals surface area contributed by atoms with Gasteiger partial charge < -0.3 is 15.6 Å². The van der Waals surface area contributed by atoms with Crippen molar-refractivity contribution in [3.05, 3.63) is 47.4 Å². The van der Waals surface area contributed by atoms with E-state index < -0.39 is 41.9 Å². The number of nitrogens with two attached hydrogens (primary N) is 1. The Bertz CT molecular complexity index is 856. The van der Waals surface area contributed by atoms with Gasteiger partial charge in [0.25, 0.3) is 0 Å². The van der Waals surface area contributed by atoms with Crippen molar-refractivity contribution in [2.45, 2.75) is 24.1 Å². The number of aromatic nitrogens is 1. The van der Waals surface area contributed by atoms with E-state index >= 15 is 0 Å². The maximum atomic E-state index is 13.6. The first-order valence-corrected chi connectivity index (χ1v) is 8.05. The van der Waals surface area contributed by atoms with Gasteiger partial charge in [-0.3, -0.25) is 0 Å². The van der Waals surface area contributed by atoms with E-state index in [2.05, 4.69) is 4.98 Å². The molecule has 3 rings (SSSR count). The third kappa shape index (κ3) is 3.04. The molecule has 1 aliphatic rings. The van der Waals surface area contributed by atoms with Crippen molar-refractivity contribution in [3.63, 3.8) is 0 Å². The normalized spacial score (nSPS) is 21.5. The molecule has 0 radical (unpaired) electrons. The zero-order chi connectivity index (χ0) is 20.0. The first-order valence-electron chi connectivity index (χ1n) is 8.05. The van der Waals surface area contributed by atoms with Crippen LogP contribution in [-0.2, 0) is 11.0 Å². The lowest BCUT2D eigenvalue weighted by Gasteiger charge is -2.30. The number of pyridine rings is 1. The minimum Gasteiger partial charge on any atom is -0.490 e. The van der Waals surface area contributed by atoms with Crippen molar-refractivity contribution in [3.8, 4) is 17.0 Å². The minimum atomic E-state index is -5.10. The van der Waals surface area contributed by atoms with Crippen LogP contribution in [0.25, 0.3) is 11.3 Å². The molecule has 1 aromatic heterocycles. The molecule has 146 valence electrons. The Morgan fingerprint density at radius 2 is 1.89 bits per heavy atom. The summed E-state index contributed by atoms with van der Waals surface area (Å²) in [6, 6.07) is 5.82. The summed E-state index contributed by atoms with van der Waals surface area (Å²) in [6.45, 7) is -0.672. The summed E-state index contributed by atoms with van der Waals surface area (Å²) >= 11 is 0. The number of ether oxygens (including phenoxy) is 1. The van der Waals surface area contributed by atoms with E-state index in [1.165, 1.54) is 19.1 Å². The molecule has 2 aromatic rings. The van der Waals surface area contributed by atoms with E-state index in [1.54, 1.807) is 0 Å². The number of hydrogen-bond donors (Lipinski definition) is 2. The topological polar surface area (TPSA) is 68.4 Å². The first kappa shape index (κ1) is 19.5. The second-order valence-corrected chi connectivity index (χ2v) is 6.78. The summed E-state index contributed by atoms with van der Waals surface area (Å²) in [5, 5.41) is 10.2. The van der Waals surface area contributed by atoms with Gasteiger partial charge in [0.1, 0.15) is 30.5 Å². The molecule has 0 spiro atoms. The van der Waals surface area contributed by atoms with Crippen LogP contribution in [0.3, 0.4) is 0 Å². The van der Waals surface area contributed by atoms with Gasteiger partial charge in [-0.15, -0.1) is 0 Å². The fraction of sp³-hybridized carbons (Fsp3) is 0.389. The summed E-state index contributed by atoms with van der Waals surface area (Å²) in [4.78, 5) is 3.93. The van der Waals surface area contributed by atoms with Gasteiger partial charge in [-0.25, -0.2) is 13.8 Å². The van der Waals surface area contributed by atoms with Crippen LogP contribution >= 0.6 is 0 Å². The van der Waals surface area contributed by atoms with Crippen LogP contribution in [0.15, 0.2) is 30.3 Å². The van der Waals surface area contributed by atoms with Crippen molar-refractivity contribution in [1.29, 1.82) is 0 Å². The molecule has 27 heavy (non-hydrogen) atoms. The molecule has 2 unspecified atom stereocenters. The number of halogens is 5. The number of nitrogens with zero attached hydrogens (tertiary/aromatic N) is 1. The van der Waals surface area contributed by atoms with Gasteiger partial charge in [-0.05, 0) is 37.3 Å². The van der Waals surface area contributed by atoms with Gasteiger partial charge in [-0.2, -0.15) is 13.2 Å². The highest BCUT2D eigenvalue weighted by Gasteiger charge is 2.56. The molecule has 1 aliphatic heterocycles. The maximum Gasteiger partial charge on any atom is 0.424 e. The number of rotatable bonds is 4. The number of alkyl halides is 4. The van der Waals surface area contributed by atoms with E-state index in [0.717, 1.165) is 18.2 Å². The van der Waals surface area contributed by atoms with Crippen LogP contribution in [0.2, 0.25) is 0 Å². The molecule has 0 saturated carbocycles. The van der Waals surface area contributed by atoms with Crippen LogP contribution in [0.4, 0.5) is 22.0 Å². The summed E-state index contributed by atoms with van der Waals surface area (Å²) < 4.78 is 72.8. The third-order valence-corrected chi connectivity index (χ3v) is 4.76. The summed E-state index contributed by atoms with van der Waals surface area (Å²) in [7, 11) is 0. The lowest BCUT2D eigenvalue weighted by atomic mass is 9.83. The summed E-state index contributed by atoms with van der Waals surface area (Å²) in [5.41, 5.74) is 0.187. The van der Waals surface area contributed by atoms with E-state index in [4.69, 9.17) is 10.5 Å². The summed E-state index contributed by atoms with van der Waals surface area (Å²) in [6.07, 6.45) is -5.10. The fourth-order valence-corrected chi connectivity index (χ4v) is 2.93. The number of aliphatic hydroxyl groups is 1. The molecule has 2 atom stereocenters. The van der Waals surface area contributed by atoms with Gasteiger partial charge in [0.15, 0.2) is 0 Å². The van der Waals surface area contributed by atoms with Crippen molar-refractivity contribution < 1.29 is 31.8 Å². The minimum absolute atomic E-state index is 0.0456. The van der Waals surface area contributed by atoms with Crippen molar-refractivity contribution in [1.82, 2.24) is 4.98 Å². The molecule has 0 amide bonds. The second-order valence-electron chi connectivity index (χ2n) is 6.78. The van der Waals surface area contributed by atoms with Crippen molar-refractivity contribution >= 4 is 0 Å². The molecular weight excluding hydrogens is 371 g/mol. The Morgan fingerprint density at radius 1 is 1.26 bits per heavy atom. The van der Waals surface area contributed by atoms with E-state index in [9.17, 15) is 27.1 Å². The maximum absolute atomic E-state index is 13.6. The monoisotopic (exact) mass is 388 g/mol. The molecule has 9 heteroatoms. The van der Waals surface area contributed by atoms with Crippen molar-refractivity contribution in [2.24, 2.45) is 5.73 Å². The van der Waals surface area contributed by atoms with Gasteiger partial charge in [-0.1, -0.05) is 0 Å². The largest absolute Gasteiger partial charge is 0.490 e. The van der Waals surface area contributed by atoms with Crippen LogP contribution in [0.5, 0.6) is 5.75 Å². The number of hydrogen-bond acceptors (Lipinski definition) is 4. The predicted molar refractivity (Wildman–Crippen MR) is 87.5 cm³/mol. The lowest BCUT2D eigenvalue weighted by Crippen LogP contribution is -2.49. The summed E-state index contributed by atoms with van der Waals surface area (Å²) in [5.74, 6) is -0.443. The van der Waals surface area contributed by atoms with Crippen molar-refractivity contribution in [2.75, 3.05) is 19.8 Å². The Labute approximate surface area is 151 Å². The standard InChI is InChI=1S/C18H17F5N2O2/c1-16(7-19)9-27-15-12(16)6-13(17(26,8-24)18(21,22)23)25-14(15)10-2-4-11(20)5-3-10/h2-6,26H,7-9,24H2,1H3. The van der Waals surface area contributed by atoms with Gasteiger partial charge in [0.2, 0.25) is 5.60 Å². The molecule has 0 aliphatic carbocycles. The molecule has 4 nitrogen and oxygen atoms in total. The second kappa shape index (κ2) is 6.42. The Morgan fingerprint density at radius 3 is 2.41 bits per heavy atom. The van der Waals surface area contributed by atoms with Gasteiger partial charge >= 0.3 is 6.18 Å². The molecule has 0 saturated heterocycles. The van der Waals surface area contributed by atoms with E-state index in [-0.39, 0.29) is 29.2 Å². The average Bonchev–Trinajstić information content (AvgIpc) is 2.98. The van der Waals surface area contributed by atoms with Gasteiger partial charge in [0, 0.05) is 17.7 Å². The quantitative estimate of drug-likeness (QED) is 0.790. The lowest BCUT2D eigenvalue weighted by molar-refractivity contribution is -0.263. The van der Waals surface area contributed by atoms with Crippen LogP contribution in [0.1, 0.15) is 18.2 Å². The highest BCUT2D eigenvalue weighted by Crippen LogP contribution is 2.47. The fourth-order valence-electron chi connectivity index (χ4n) is 2.93. The zero-order valence-corrected chi connectivity index (χ0v) is 14.3. The van der Waals surface area contributed by atoms with Crippen LogP contribution in [-0.4, -0.2) is 36.1 Å². The molecule has 3 N–H and O–H groups in total. The molecule has 0 fully saturated rings. The van der Waals surface area contributed by atoms with Crippen LogP contribution in [0, 0.1) is 5.82 Å². The third-order valence-electron chi connectivity index (χ3n) is 4.76. The highest BCUT2D eigenvalue weighted by atomic mass is 19.4. The van der Waals surface area contributed by atoms with Crippen LogP contribution < -0.4 is 10.5 Å². The average molecular weight is 388 g/mol. The first-order chi connectivity index (χ1) is 12.6. The number of fused-ring (bicyclic) bond motifs is 1. The molecule has 2 heterocycles. The molecule has 0 bridgehead atoms.